The number of methoxy groups -OCH3 is 2. The molecule has 1 N–H and O–H groups in total. The zero-order valence-corrected chi connectivity index (χ0v) is 15.8. The van der Waals surface area contributed by atoms with Crippen molar-refractivity contribution in [3.8, 4) is 11.5 Å². The third-order valence-electron chi connectivity index (χ3n) is 4.62. The smallest absolute Gasteiger partial charge is 0.184 e. The molecule has 1 aliphatic heterocycles. The van der Waals surface area contributed by atoms with Crippen LogP contribution in [-0.2, 0) is 27.4 Å². The molecule has 0 radical (unpaired) electrons. The van der Waals surface area contributed by atoms with Crippen LogP contribution >= 0.6 is 0 Å². The molecule has 6 nitrogen and oxygen atoms in total. The minimum atomic E-state index is -1.01. The molecular formula is C21H26O6. The van der Waals surface area contributed by atoms with E-state index in [0.29, 0.717) is 13.2 Å². The van der Waals surface area contributed by atoms with Crippen LogP contribution in [-0.4, -0.2) is 43.9 Å². The van der Waals surface area contributed by atoms with Crippen molar-refractivity contribution in [1.29, 1.82) is 0 Å². The third-order valence-corrected chi connectivity index (χ3v) is 4.62. The fourth-order valence-electron chi connectivity index (χ4n) is 3.04. The minimum Gasteiger partial charge on any atom is -0.497 e. The maximum atomic E-state index is 10.2. The average Bonchev–Trinajstić information content (AvgIpc) is 2.97. The van der Waals surface area contributed by atoms with Gasteiger partial charge in [0, 0.05) is 0 Å². The molecule has 1 aliphatic rings. The minimum absolute atomic E-state index is 0.265. The fraction of sp³-hybridized carbons (Fsp3) is 0.429. The average molecular weight is 374 g/mol. The van der Waals surface area contributed by atoms with Gasteiger partial charge in [-0.15, -0.1) is 0 Å². The van der Waals surface area contributed by atoms with Crippen molar-refractivity contribution in [3.63, 3.8) is 0 Å². The van der Waals surface area contributed by atoms with Crippen LogP contribution in [0.25, 0.3) is 0 Å². The second-order valence-corrected chi connectivity index (χ2v) is 6.48. The second-order valence-electron chi connectivity index (χ2n) is 6.48. The maximum absolute atomic E-state index is 10.2. The summed E-state index contributed by atoms with van der Waals surface area (Å²) in [6.07, 6.45) is -2.20. The Bertz CT molecular complexity index is 638. The highest BCUT2D eigenvalue weighted by Crippen LogP contribution is 2.27. The molecule has 2 aromatic carbocycles. The lowest BCUT2D eigenvalue weighted by atomic mass is 10.1. The number of hydrogen-bond acceptors (Lipinski definition) is 6. The predicted molar refractivity (Wildman–Crippen MR) is 99.7 cm³/mol. The van der Waals surface area contributed by atoms with E-state index in [1.165, 1.54) is 0 Å². The Labute approximate surface area is 159 Å². The Morgan fingerprint density at radius 1 is 0.778 bits per heavy atom. The lowest BCUT2D eigenvalue weighted by molar-refractivity contribution is -0.147. The van der Waals surface area contributed by atoms with Gasteiger partial charge in [0.05, 0.1) is 33.5 Å². The van der Waals surface area contributed by atoms with Crippen molar-refractivity contribution in [3.05, 3.63) is 59.7 Å². The second kappa shape index (κ2) is 9.19. The molecule has 1 fully saturated rings. The Hall–Kier alpha value is -2.12. The zero-order valence-electron chi connectivity index (χ0n) is 15.8. The molecule has 1 saturated heterocycles. The van der Waals surface area contributed by atoms with E-state index in [2.05, 4.69) is 0 Å². The Morgan fingerprint density at radius 3 is 1.67 bits per heavy atom. The molecule has 3 rings (SSSR count). The fourth-order valence-corrected chi connectivity index (χ4v) is 3.04. The molecule has 0 spiro atoms. The van der Waals surface area contributed by atoms with Gasteiger partial charge in [-0.2, -0.15) is 0 Å². The van der Waals surface area contributed by atoms with Crippen LogP contribution < -0.4 is 9.47 Å². The van der Waals surface area contributed by atoms with Crippen LogP contribution in [0.1, 0.15) is 18.1 Å². The number of benzene rings is 2. The van der Waals surface area contributed by atoms with Crippen LogP contribution in [0.3, 0.4) is 0 Å². The molecule has 0 amide bonds. The van der Waals surface area contributed by atoms with Gasteiger partial charge >= 0.3 is 0 Å². The Morgan fingerprint density at radius 2 is 1.22 bits per heavy atom. The summed E-state index contributed by atoms with van der Waals surface area (Å²) in [6.45, 7) is 2.63. The summed E-state index contributed by atoms with van der Waals surface area (Å²) in [4.78, 5) is 0. The lowest BCUT2D eigenvalue weighted by Gasteiger charge is -2.22. The lowest BCUT2D eigenvalue weighted by Crippen LogP contribution is -2.36. The summed E-state index contributed by atoms with van der Waals surface area (Å²) in [7, 11) is 3.26. The van der Waals surface area contributed by atoms with E-state index in [0.717, 1.165) is 22.6 Å². The molecule has 0 aliphatic carbocycles. The Kier molecular flexibility index (Phi) is 6.68. The van der Waals surface area contributed by atoms with Crippen molar-refractivity contribution in [2.24, 2.45) is 0 Å². The summed E-state index contributed by atoms with van der Waals surface area (Å²) in [6, 6.07) is 15.3. The number of aliphatic hydroxyl groups excluding tert-OH is 1. The van der Waals surface area contributed by atoms with Crippen LogP contribution in [0.5, 0.6) is 11.5 Å². The van der Waals surface area contributed by atoms with E-state index >= 15 is 0 Å². The molecule has 146 valence electrons. The predicted octanol–water partition coefficient (Wildman–Crippen LogP) is 2.91. The Balaban J connectivity index is 1.58. The molecular weight excluding hydrogens is 348 g/mol. The van der Waals surface area contributed by atoms with Gasteiger partial charge in [0.1, 0.15) is 23.7 Å². The quantitative estimate of drug-likeness (QED) is 0.766. The molecule has 0 bridgehead atoms. The van der Waals surface area contributed by atoms with E-state index in [4.69, 9.17) is 23.7 Å². The first-order chi connectivity index (χ1) is 13.1. The largest absolute Gasteiger partial charge is 0.497 e. The van der Waals surface area contributed by atoms with Gasteiger partial charge in [0.15, 0.2) is 6.29 Å². The highest BCUT2D eigenvalue weighted by Gasteiger charge is 2.43. The summed E-state index contributed by atoms with van der Waals surface area (Å²) in [5.74, 6) is 1.59. The monoisotopic (exact) mass is 374 g/mol. The van der Waals surface area contributed by atoms with Gasteiger partial charge in [0.2, 0.25) is 0 Å². The van der Waals surface area contributed by atoms with Crippen molar-refractivity contribution in [2.45, 2.75) is 44.7 Å². The SMILES string of the molecule is COc1ccc(CO[C@H]2[C@H](C)OC(O)[C@@H]2OCc2ccc(OC)cc2)cc1. The molecule has 0 aromatic heterocycles. The van der Waals surface area contributed by atoms with Crippen LogP contribution in [0.2, 0.25) is 0 Å². The normalized spacial score (nSPS) is 24.7. The molecule has 1 heterocycles. The van der Waals surface area contributed by atoms with E-state index in [1.54, 1.807) is 14.2 Å². The van der Waals surface area contributed by atoms with Crippen molar-refractivity contribution >= 4 is 0 Å². The topological polar surface area (TPSA) is 66.4 Å². The van der Waals surface area contributed by atoms with E-state index in [-0.39, 0.29) is 12.2 Å². The van der Waals surface area contributed by atoms with Gasteiger partial charge in [-0.05, 0) is 42.3 Å². The van der Waals surface area contributed by atoms with Crippen LogP contribution in [0.15, 0.2) is 48.5 Å². The van der Waals surface area contributed by atoms with Crippen LogP contribution in [0.4, 0.5) is 0 Å². The molecule has 0 saturated carbocycles. The van der Waals surface area contributed by atoms with Gasteiger partial charge in [-0.25, -0.2) is 0 Å². The number of ether oxygens (including phenoxy) is 5. The van der Waals surface area contributed by atoms with Gasteiger partial charge in [-0.3, -0.25) is 0 Å². The van der Waals surface area contributed by atoms with Crippen molar-refractivity contribution < 1.29 is 28.8 Å². The van der Waals surface area contributed by atoms with Gasteiger partial charge in [0.25, 0.3) is 0 Å². The van der Waals surface area contributed by atoms with E-state index in [9.17, 15) is 5.11 Å². The first-order valence-corrected chi connectivity index (χ1v) is 8.93. The first kappa shape index (κ1) is 19.6. The van der Waals surface area contributed by atoms with Gasteiger partial charge in [-0.1, -0.05) is 24.3 Å². The summed E-state index contributed by atoms with van der Waals surface area (Å²) in [5.41, 5.74) is 2.00. The number of hydrogen-bond donors (Lipinski definition) is 1. The number of aliphatic hydroxyl groups is 1. The highest BCUT2D eigenvalue weighted by atomic mass is 16.7. The molecule has 2 aromatic rings. The van der Waals surface area contributed by atoms with Gasteiger partial charge < -0.3 is 28.8 Å². The molecule has 4 atom stereocenters. The molecule has 6 heteroatoms. The van der Waals surface area contributed by atoms with E-state index in [1.807, 2.05) is 55.5 Å². The van der Waals surface area contributed by atoms with E-state index < -0.39 is 12.4 Å². The van der Waals surface area contributed by atoms with Crippen LogP contribution in [0, 0.1) is 0 Å². The summed E-state index contributed by atoms with van der Waals surface area (Å²) in [5, 5.41) is 10.2. The molecule has 1 unspecified atom stereocenters. The zero-order chi connectivity index (χ0) is 19.2. The molecule has 27 heavy (non-hydrogen) atoms. The first-order valence-electron chi connectivity index (χ1n) is 8.93. The van der Waals surface area contributed by atoms with Crippen molar-refractivity contribution in [1.82, 2.24) is 0 Å². The summed E-state index contributed by atoms with van der Waals surface area (Å²) < 4.78 is 27.8. The maximum Gasteiger partial charge on any atom is 0.184 e. The highest BCUT2D eigenvalue weighted by molar-refractivity contribution is 5.27. The number of rotatable bonds is 8. The standard InChI is InChI=1S/C21H26O6/c1-14-19(25-12-15-4-8-17(23-2)9-5-15)20(21(22)27-14)26-13-16-6-10-18(24-3)11-7-16/h4-11,14,19-22H,12-13H2,1-3H3/t14-,19-,20+,21?/m0/s1. The van der Waals surface area contributed by atoms with Crippen molar-refractivity contribution in [2.75, 3.05) is 14.2 Å². The summed E-state index contributed by atoms with van der Waals surface area (Å²) >= 11 is 0. The third kappa shape index (κ3) is 4.99.